The van der Waals surface area contributed by atoms with Crippen molar-refractivity contribution < 1.29 is 9.53 Å². The summed E-state index contributed by atoms with van der Waals surface area (Å²) in [6, 6.07) is 0. The second-order valence-corrected chi connectivity index (χ2v) is 2.76. The molecule has 4 heteroatoms. The lowest BCUT2D eigenvalue weighted by Gasteiger charge is -1.99. The van der Waals surface area contributed by atoms with E-state index < -0.39 is 0 Å². The average Bonchev–Trinajstić information content (AvgIpc) is 2.18. The van der Waals surface area contributed by atoms with E-state index >= 15 is 0 Å². The van der Waals surface area contributed by atoms with Crippen LogP contribution in [0.2, 0.25) is 0 Å². The van der Waals surface area contributed by atoms with E-state index in [-0.39, 0.29) is 0 Å². The van der Waals surface area contributed by atoms with Crippen LogP contribution in [0.1, 0.15) is 26.2 Å². The Morgan fingerprint density at radius 3 is 2.64 bits per heavy atom. The first kappa shape index (κ1) is 15.8. The normalized spacial score (nSPS) is 8.14. The van der Waals surface area contributed by atoms with E-state index in [2.05, 4.69) is 18.5 Å². The van der Waals surface area contributed by atoms with Crippen LogP contribution >= 0.6 is 11.6 Å². The van der Waals surface area contributed by atoms with Crippen molar-refractivity contribution in [2.45, 2.75) is 26.2 Å². The third kappa shape index (κ3) is 22.5. The molecule has 0 saturated heterocycles. The SMILES string of the molecule is C=CCl.CCCCCOCCN=C=O. The van der Waals surface area contributed by atoms with Gasteiger partial charge in [0.05, 0.1) is 13.2 Å². The minimum absolute atomic E-state index is 0.440. The van der Waals surface area contributed by atoms with Gasteiger partial charge in [0.15, 0.2) is 0 Å². The van der Waals surface area contributed by atoms with Gasteiger partial charge >= 0.3 is 0 Å². The van der Waals surface area contributed by atoms with Gasteiger partial charge in [-0.25, -0.2) is 9.79 Å². The molecule has 0 radical (unpaired) electrons. The van der Waals surface area contributed by atoms with E-state index in [0.29, 0.717) is 13.2 Å². The Morgan fingerprint density at radius 1 is 1.50 bits per heavy atom. The van der Waals surface area contributed by atoms with Gasteiger partial charge in [-0.3, -0.25) is 0 Å². The van der Waals surface area contributed by atoms with Crippen molar-refractivity contribution in [2.24, 2.45) is 4.99 Å². The molecule has 0 unspecified atom stereocenters. The average molecular weight is 220 g/mol. The smallest absolute Gasteiger partial charge is 0.235 e. The fourth-order valence-electron chi connectivity index (χ4n) is 0.712. The predicted molar refractivity (Wildman–Crippen MR) is 59.4 cm³/mol. The molecule has 14 heavy (non-hydrogen) atoms. The lowest BCUT2D eigenvalue weighted by Crippen LogP contribution is -1.99. The van der Waals surface area contributed by atoms with Crippen LogP contribution in [0.15, 0.2) is 17.1 Å². The monoisotopic (exact) mass is 219 g/mol. The summed E-state index contributed by atoms with van der Waals surface area (Å²) in [6.07, 6.45) is 4.97. The molecule has 0 N–H and O–H groups in total. The first-order chi connectivity index (χ1) is 6.83. The van der Waals surface area contributed by atoms with Gasteiger partial charge in [0, 0.05) is 6.61 Å². The number of unbranched alkanes of at least 4 members (excludes halogenated alkanes) is 2. The highest BCUT2D eigenvalue weighted by Crippen LogP contribution is 1.93. The molecule has 0 fully saturated rings. The molecule has 0 spiro atoms. The molecular weight excluding hydrogens is 202 g/mol. The Morgan fingerprint density at radius 2 is 2.14 bits per heavy atom. The van der Waals surface area contributed by atoms with Crippen LogP contribution in [0.4, 0.5) is 0 Å². The van der Waals surface area contributed by atoms with E-state index in [9.17, 15) is 4.79 Å². The first-order valence-corrected chi connectivity index (χ1v) is 5.09. The second-order valence-electron chi connectivity index (χ2n) is 2.45. The molecule has 0 aliphatic carbocycles. The third-order valence-electron chi connectivity index (χ3n) is 1.30. The zero-order valence-electron chi connectivity index (χ0n) is 8.67. The third-order valence-corrected chi connectivity index (χ3v) is 1.30. The Kier molecular flexibility index (Phi) is 20.6. The summed E-state index contributed by atoms with van der Waals surface area (Å²) in [4.78, 5) is 13.0. The number of hydrogen-bond donors (Lipinski definition) is 0. The molecule has 0 heterocycles. The number of carbonyl (C=O) groups excluding carboxylic acids is 1. The number of rotatable bonds is 7. The van der Waals surface area contributed by atoms with E-state index in [1.54, 1.807) is 0 Å². The van der Waals surface area contributed by atoms with Crippen LogP contribution in [-0.4, -0.2) is 25.8 Å². The molecular formula is C10H18ClNO2. The largest absolute Gasteiger partial charge is 0.379 e. The maximum absolute atomic E-state index is 9.59. The summed E-state index contributed by atoms with van der Waals surface area (Å²) in [5.41, 5.74) is 1.22. The molecule has 0 bridgehead atoms. The van der Waals surface area contributed by atoms with Crippen molar-refractivity contribution in [1.82, 2.24) is 0 Å². The van der Waals surface area contributed by atoms with Crippen molar-refractivity contribution in [2.75, 3.05) is 19.8 Å². The van der Waals surface area contributed by atoms with Gasteiger partial charge in [-0.05, 0) is 12.0 Å². The Balaban J connectivity index is 0. The summed E-state index contributed by atoms with van der Waals surface area (Å²) >= 11 is 4.76. The van der Waals surface area contributed by atoms with Crippen LogP contribution in [0.5, 0.6) is 0 Å². The lowest BCUT2D eigenvalue weighted by atomic mass is 10.3. The quantitative estimate of drug-likeness (QED) is 0.375. The van der Waals surface area contributed by atoms with Crippen molar-refractivity contribution in [3.63, 3.8) is 0 Å². The van der Waals surface area contributed by atoms with Crippen molar-refractivity contribution in [1.29, 1.82) is 0 Å². The highest BCUT2D eigenvalue weighted by atomic mass is 35.5. The first-order valence-electron chi connectivity index (χ1n) is 4.65. The number of nitrogens with zero attached hydrogens (tertiary/aromatic N) is 1. The minimum Gasteiger partial charge on any atom is -0.379 e. The van der Waals surface area contributed by atoms with Crippen molar-refractivity contribution >= 4 is 17.7 Å². The maximum atomic E-state index is 9.59. The summed E-state index contributed by atoms with van der Waals surface area (Å²) < 4.78 is 5.17. The molecule has 0 aromatic carbocycles. The van der Waals surface area contributed by atoms with Crippen LogP contribution in [0.25, 0.3) is 0 Å². The summed E-state index contributed by atoms with van der Waals surface area (Å²) in [7, 11) is 0. The molecule has 0 amide bonds. The van der Waals surface area contributed by atoms with Gasteiger partial charge in [-0.15, -0.1) is 0 Å². The molecule has 3 nitrogen and oxygen atoms in total. The van der Waals surface area contributed by atoms with Gasteiger partial charge < -0.3 is 4.74 Å². The molecule has 0 saturated carbocycles. The predicted octanol–water partition coefficient (Wildman–Crippen LogP) is 2.90. The van der Waals surface area contributed by atoms with Crippen molar-refractivity contribution in [3.05, 3.63) is 12.1 Å². The molecule has 0 aliphatic rings. The maximum Gasteiger partial charge on any atom is 0.235 e. The molecule has 0 aromatic rings. The Hall–Kier alpha value is -0.630. The number of aliphatic imine (C=N–C) groups is 1. The molecule has 0 rings (SSSR count). The van der Waals surface area contributed by atoms with E-state index in [0.717, 1.165) is 13.0 Å². The van der Waals surface area contributed by atoms with E-state index in [1.165, 1.54) is 24.5 Å². The molecule has 0 aromatic heterocycles. The van der Waals surface area contributed by atoms with E-state index in [1.807, 2.05) is 0 Å². The van der Waals surface area contributed by atoms with Gasteiger partial charge in [-0.1, -0.05) is 37.9 Å². The summed E-state index contributed by atoms with van der Waals surface area (Å²) in [6.45, 7) is 7.04. The Bertz CT molecular complexity index is 156. The topological polar surface area (TPSA) is 38.7 Å². The summed E-state index contributed by atoms with van der Waals surface area (Å²) in [5.74, 6) is 0. The number of ether oxygens (including phenoxy) is 1. The highest BCUT2D eigenvalue weighted by molar-refractivity contribution is 6.25. The number of hydrogen-bond acceptors (Lipinski definition) is 3. The van der Waals surface area contributed by atoms with Crippen LogP contribution < -0.4 is 0 Å². The highest BCUT2D eigenvalue weighted by Gasteiger charge is 1.86. The van der Waals surface area contributed by atoms with Gasteiger partial charge in [0.2, 0.25) is 6.08 Å². The standard InChI is InChI=1S/C8H15NO2.C2H3Cl/c1-2-3-4-6-11-7-5-9-8-10;1-2-3/h2-7H2,1H3;2H,1H2. The Labute approximate surface area is 90.8 Å². The van der Waals surface area contributed by atoms with Crippen LogP contribution in [-0.2, 0) is 9.53 Å². The second kappa shape index (κ2) is 18.2. The van der Waals surface area contributed by atoms with Gasteiger partial charge in [0.25, 0.3) is 0 Å². The minimum atomic E-state index is 0.440. The van der Waals surface area contributed by atoms with Crippen LogP contribution in [0.3, 0.4) is 0 Å². The number of halogens is 1. The molecule has 0 aliphatic heterocycles. The van der Waals surface area contributed by atoms with Crippen LogP contribution in [0, 0.1) is 0 Å². The van der Waals surface area contributed by atoms with Crippen molar-refractivity contribution in [3.8, 4) is 0 Å². The zero-order valence-corrected chi connectivity index (χ0v) is 9.42. The number of isocyanates is 1. The molecule has 0 atom stereocenters. The molecule has 82 valence electrons. The fourth-order valence-corrected chi connectivity index (χ4v) is 0.712. The fraction of sp³-hybridized carbons (Fsp3) is 0.700. The van der Waals surface area contributed by atoms with E-state index in [4.69, 9.17) is 16.3 Å². The zero-order chi connectivity index (χ0) is 11.1. The van der Waals surface area contributed by atoms with Gasteiger partial charge in [0.1, 0.15) is 0 Å². The lowest BCUT2D eigenvalue weighted by molar-refractivity contribution is 0.137. The summed E-state index contributed by atoms with van der Waals surface area (Å²) in [5, 5.41) is 0. The van der Waals surface area contributed by atoms with Gasteiger partial charge in [-0.2, -0.15) is 0 Å².